The van der Waals surface area contributed by atoms with Crippen molar-refractivity contribution in [2.24, 2.45) is 0 Å². The van der Waals surface area contributed by atoms with Crippen LogP contribution in [0.3, 0.4) is 0 Å². The molecule has 0 radical (unpaired) electrons. The van der Waals surface area contributed by atoms with Crippen LogP contribution in [0.15, 0.2) is 48.5 Å². The van der Waals surface area contributed by atoms with Crippen molar-refractivity contribution in [3.05, 3.63) is 65.2 Å². The lowest BCUT2D eigenvalue weighted by Gasteiger charge is -2.10. The third-order valence-corrected chi connectivity index (χ3v) is 3.37. The van der Waals surface area contributed by atoms with E-state index in [1.807, 2.05) is 6.07 Å². The van der Waals surface area contributed by atoms with E-state index in [1.54, 1.807) is 31.4 Å². The molecule has 122 valence electrons. The van der Waals surface area contributed by atoms with Gasteiger partial charge in [0.25, 0.3) is 0 Å². The molecular formula is C18H17F3O2. The minimum absolute atomic E-state index is 0.153. The largest absolute Gasteiger partial charge is 0.493 e. The van der Waals surface area contributed by atoms with E-state index >= 15 is 0 Å². The van der Waals surface area contributed by atoms with Crippen LogP contribution in [0.25, 0.3) is 6.08 Å². The van der Waals surface area contributed by atoms with E-state index in [0.29, 0.717) is 17.9 Å². The molecule has 0 heterocycles. The monoisotopic (exact) mass is 322 g/mol. The fourth-order valence-corrected chi connectivity index (χ4v) is 2.23. The molecule has 0 bridgehead atoms. The Morgan fingerprint density at radius 2 is 1.65 bits per heavy atom. The van der Waals surface area contributed by atoms with E-state index in [-0.39, 0.29) is 5.56 Å². The molecule has 0 fully saturated rings. The van der Waals surface area contributed by atoms with Crippen LogP contribution in [0.5, 0.6) is 11.5 Å². The summed E-state index contributed by atoms with van der Waals surface area (Å²) in [6.45, 7) is 0. The normalized spacial score (nSPS) is 11.7. The van der Waals surface area contributed by atoms with E-state index in [9.17, 15) is 13.2 Å². The van der Waals surface area contributed by atoms with Crippen LogP contribution >= 0.6 is 0 Å². The Kier molecular flexibility index (Phi) is 5.32. The Labute approximate surface area is 133 Å². The van der Waals surface area contributed by atoms with Gasteiger partial charge in [0, 0.05) is 0 Å². The number of alkyl halides is 3. The van der Waals surface area contributed by atoms with E-state index < -0.39 is 11.7 Å². The standard InChI is InChI=1S/C18H17F3O2/c1-22-16-11-10-13(12-17(16)23-2)6-5-8-14-7-3-4-9-15(14)18(19,20)21/h3-5,7-12H,6H2,1-2H3/b8-5+. The lowest BCUT2D eigenvalue weighted by atomic mass is 10.0. The van der Waals surface area contributed by atoms with Crippen LogP contribution in [-0.4, -0.2) is 14.2 Å². The Balaban J connectivity index is 2.17. The highest BCUT2D eigenvalue weighted by atomic mass is 19.4. The molecule has 23 heavy (non-hydrogen) atoms. The molecule has 0 saturated heterocycles. The SMILES string of the molecule is COc1ccc(C/C=C/c2ccccc2C(F)(F)F)cc1OC. The Morgan fingerprint density at radius 1 is 0.957 bits per heavy atom. The molecule has 5 heteroatoms. The van der Waals surface area contributed by atoms with Gasteiger partial charge in [0.2, 0.25) is 0 Å². The first-order valence-corrected chi connectivity index (χ1v) is 6.99. The van der Waals surface area contributed by atoms with Gasteiger partial charge in [0.15, 0.2) is 11.5 Å². The molecule has 0 amide bonds. The lowest BCUT2D eigenvalue weighted by Crippen LogP contribution is -2.06. The van der Waals surface area contributed by atoms with Gasteiger partial charge in [-0.3, -0.25) is 0 Å². The predicted octanol–water partition coefficient (Wildman–Crippen LogP) is 4.98. The minimum Gasteiger partial charge on any atom is -0.493 e. The summed E-state index contributed by atoms with van der Waals surface area (Å²) < 4.78 is 49.1. The smallest absolute Gasteiger partial charge is 0.416 e. The van der Waals surface area contributed by atoms with Crippen molar-refractivity contribution in [3.63, 3.8) is 0 Å². The van der Waals surface area contributed by atoms with Gasteiger partial charge < -0.3 is 9.47 Å². The quantitative estimate of drug-likeness (QED) is 0.773. The van der Waals surface area contributed by atoms with E-state index in [1.165, 1.54) is 25.3 Å². The van der Waals surface area contributed by atoms with Crippen molar-refractivity contribution in [1.29, 1.82) is 0 Å². The van der Waals surface area contributed by atoms with E-state index in [2.05, 4.69) is 0 Å². The summed E-state index contributed by atoms with van der Waals surface area (Å²) in [7, 11) is 3.09. The highest BCUT2D eigenvalue weighted by Gasteiger charge is 2.32. The molecule has 0 saturated carbocycles. The number of rotatable bonds is 5. The van der Waals surface area contributed by atoms with Gasteiger partial charge in [-0.1, -0.05) is 36.4 Å². The predicted molar refractivity (Wildman–Crippen MR) is 83.7 cm³/mol. The molecule has 2 nitrogen and oxygen atoms in total. The maximum Gasteiger partial charge on any atom is 0.416 e. The number of hydrogen-bond donors (Lipinski definition) is 0. The molecule has 0 aromatic heterocycles. The highest BCUT2D eigenvalue weighted by Crippen LogP contribution is 2.32. The molecule has 0 aliphatic carbocycles. The molecule has 0 atom stereocenters. The van der Waals surface area contributed by atoms with Gasteiger partial charge in [-0.25, -0.2) is 0 Å². The number of ether oxygens (including phenoxy) is 2. The average molecular weight is 322 g/mol. The first-order valence-electron chi connectivity index (χ1n) is 6.99. The molecule has 2 aromatic carbocycles. The van der Waals surface area contributed by atoms with Crippen LogP contribution in [0.1, 0.15) is 16.7 Å². The van der Waals surface area contributed by atoms with Crippen molar-refractivity contribution in [2.45, 2.75) is 12.6 Å². The number of halogens is 3. The topological polar surface area (TPSA) is 18.5 Å². The zero-order chi connectivity index (χ0) is 16.9. The first-order chi connectivity index (χ1) is 11.0. The second-order valence-corrected chi connectivity index (χ2v) is 4.88. The van der Waals surface area contributed by atoms with E-state index in [0.717, 1.165) is 11.6 Å². The van der Waals surface area contributed by atoms with Gasteiger partial charge in [0.05, 0.1) is 19.8 Å². The number of hydrogen-bond acceptors (Lipinski definition) is 2. The number of benzene rings is 2. The van der Waals surface area contributed by atoms with Gasteiger partial charge >= 0.3 is 6.18 Å². The summed E-state index contributed by atoms with van der Waals surface area (Å²) in [5.41, 5.74) is 0.437. The van der Waals surface area contributed by atoms with Crippen LogP contribution in [0.2, 0.25) is 0 Å². The van der Waals surface area contributed by atoms with Gasteiger partial charge in [-0.05, 0) is 35.7 Å². The van der Waals surface area contributed by atoms with Crippen molar-refractivity contribution in [2.75, 3.05) is 14.2 Å². The van der Waals surface area contributed by atoms with Crippen LogP contribution in [0, 0.1) is 0 Å². The molecule has 0 N–H and O–H groups in total. The number of methoxy groups -OCH3 is 2. The number of allylic oxidation sites excluding steroid dienone is 1. The Bertz CT molecular complexity index is 691. The molecule has 0 aliphatic heterocycles. The zero-order valence-corrected chi connectivity index (χ0v) is 12.9. The third kappa shape index (κ3) is 4.28. The maximum absolute atomic E-state index is 12.9. The van der Waals surface area contributed by atoms with Crippen molar-refractivity contribution >= 4 is 6.08 Å². The second kappa shape index (κ2) is 7.22. The molecule has 2 rings (SSSR count). The summed E-state index contributed by atoms with van der Waals surface area (Å²) in [6, 6.07) is 10.9. The summed E-state index contributed by atoms with van der Waals surface area (Å²) >= 11 is 0. The molecule has 2 aromatic rings. The van der Waals surface area contributed by atoms with E-state index in [4.69, 9.17) is 9.47 Å². The van der Waals surface area contributed by atoms with Crippen molar-refractivity contribution in [1.82, 2.24) is 0 Å². The molecular weight excluding hydrogens is 305 g/mol. The second-order valence-electron chi connectivity index (χ2n) is 4.88. The fraction of sp³-hybridized carbons (Fsp3) is 0.222. The first kappa shape index (κ1) is 16.9. The van der Waals surface area contributed by atoms with Crippen LogP contribution in [-0.2, 0) is 12.6 Å². The molecule has 0 unspecified atom stereocenters. The summed E-state index contributed by atoms with van der Waals surface area (Å²) in [5, 5.41) is 0. The highest BCUT2D eigenvalue weighted by molar-refractivity contribution is 5.55. The van der Waals surface area contributed by atoms with Crippen molar-refractivity contribution in [3.8, 4) is 11.5 Å². The molecule has 0 aliphatic rings. The van der Waals surface area contributed by atoms with Crippen molar-refractivity contribution < 1.29 is 22.6 Å². The maximum atomic E-state index is 12.9. The fourth-order valence-electron chi connectivity index (χ4n) is 2.23. The summed E-state index contributed by atoms with van der Waals surface area (Å²) in [5.74, 6) is 1.21. The summed E-state index contributed by atoms with van der Waals surface area (Å²) in [4.78, 5) is 0. The van der Waals surface area contributed by atoms with Gasteiger partial charge in [-0.2, -0.15) is 13.2 Å². The minimum atomic E-state index is -4.36. The van der Waals surface area contributed by atoms with Gasteiger partial charge in [0.1, 0.15) is 0 Å². The Morgan fingerprint density at radius 3 is 2.30 bits per heavy atom. The molecule has 0 spiro atoms. The van der Waals surface area contributed by atoms with Gasteiger partial charge in [-0.15, -0.1) is 0 Å². The van der Waals surface area contributed by atoms with Crippen LogP contribution in [0.4, 0.5) is 13.2 Å². The average Bonchev–Trinajstić information content (AvgIpc) is 2.54. The third-order valence-electron chi connectivity index (χ3n) is 3.37. The zero-order valence-electron chi connectivity index (χ0n) is 12.9. The van der Waals surface area contributed by atoms with Crippen LogP contribution < -0.4 is 9.47 Å². The lowest BCUT2D eigenvalue weighted by molar-refractivity contribution is -0.137. The summed E-state index contributed by atoms with van der Waals surface area (Å²) in [6.07, 6.45) is -0.678. The Hall–Kier alpha value is -2.43.